The number of hydrogen-bond acceptors (Lipinski definition) is 5. The maximum Gasteiger partial charge on any atom is 0.456 e. The zero-order chi connectivity index (χ0) is 13.1. The second-order valence-corrected chi connectivity index (χ2v) is 2.22. The van der Waals surface area contributed by atoms with Crippen LogP contribution in [0.2, 0.25) is 0 Å². The molecular weight excluding hydrogens is 250 g/mol. The summed E-state index contributed by atoms with van der Waals surface area (Å²) in [6.07, 6.45) is -11.3. The largest absolute Gasteiger partial charge is 0.456 e. The molecule has 0 aliphatic carbocycles. The summed E-state index contributed by atoms with van der Waals surface area (Å²) in [4.78, 5) is 10.3. The van der Waals surface area contributed by atoms with Crippen molar-refractivity contribution in [3.63, 3.8) is 0 Å². The van der Waals surface area contributed by atoms with E-state index in [1.54, 1.807) is 0 Å². The van der Waals surface area contributed by atoms with Crippen LogP contribution in [0.15, 0.2) is 10.3 Å². The number of carbonyl (C=O) groups is 1. The van der Waals surface area contributed by atoms with Gasteiger partial charge in [-0.15, -0.1) is 0 Å². The average molecular weight is 252 g/mol. The van der Waals surface area contributed by atoms with Gasteiger partial charge in [-0.05, 0) is 0 Å². The Morgan fingerprint density at radius 1 is 0.875 bits per heavy atom. The Kier molecular flexibility index (Phi) is 3.87. The van der Waals surface area contributed by atoms with Gasteiger partial charge < -0.3 is 10.4 Å². The van der Waals surface area contributed by atoms with Crippen molar-refractivity contribution in [2.75, 3.05) is 0 Å². The third kappa shape index (κ3) is 3.10. The quantitative estimate of drug-likeness (QED) is 0.336. The Morgan fingerprint density at radius 3 is 1.50 bits per heavy atom. The third-order valence-electron chi connectivity index (χ3n) is 1.17. The number of oxime groups is 2. The standard InChI is InChI=1S/C5H2F6N2O3/c6-4(7,8)2(13-16)1(12-15)3(14)5(9,10)11/h15-16H/b12-1+,13-2+. The molecule has 0 bridgehead atoms. The monoisotopic (exact) mass is 252 g/mol. The number of hydrogen-bond donors (Lipinski definition) is 2. The highest BCUT2D eigenvalue weighted by molar-refractivity contribution is 6.69. The number of ketones is 1. The van der Waals surface area contributed by atoms with Crippen molar-refractivity contribution in [3.05, 3.63) is 0 Å². The maximum atomic E-state index is 11.9. The Bertz CT molecular complexity index is 341. The summed E-state index contributed by atoms with van der Waals surface area (Å²) in [5.74, 6) is -3.08. The molecule has 0 saturated carbocycles. The average Bonchev–Trinajstić information content (AvgIpc) is 2.09. The van der Waals surface area contributed by atoms with E-state index >= 15 is 0 Å². The summed E-state index contributed by atoms with van der Waals surface area (Å²) >= 11 is 0. The van der Waals surface area contributed by atoms with Crippen LogP contribution >= 0.6 is 0 Å². The molecule has 5 nitrogen and oxygen atoms in total. The van der Waals surface area contributed by atoms with Gasteiger partial charge in [0.1, 0.15) is 0 Å². The zero-order valence-electron chi connectivity index (χ0n) is 6.96. The highest BCUT2D eigenvalue weighted by Gasteiger charge is 2.51. The molecule has 0 aromatic heterocycles. The molecular formula is C5H2F6N2O3. The fourth-order valence-corrected chi connectivity index (χ4v) is 0.573. The Labute approximate surface area is 82.6 Å². The summed E-state index contributed by atoms with van der Waals surface area (Å²) in [7, 11) is 0. The third-order valence-corrected chi connectivity index (χ3v) is 1.17. The summed E-state index contributed by atoms with van der Waals surface area (Å²) in [6.45, 7) is 0. The molecule has 0 aromatic carbocycles. The van der Waals surface area contributed by atoms with Crippen molar-refractivity contribution in [3.8, 4) is 0 Å². The van der Waals surface area contributed by atoms with Crippen molar-refractivity contribution >= 4 is 17.2 Å². The lowest BCUT2D eigenvalue weighted by atomic mass is 10.1. The van der Waals surface area contributed by atoms with Crippen molar-refractivity contribution in [1.82, 2.24) is 0 Å². The Balaban J connectivity index is 5.43. The first kappa shape index (κ1) is 14.2. The fraction of sp³-hybridized carbons (Fsp3) is 0.400. The number of Topliss-reactive ketones (excluding diaryl/α,β-unsaturated/α-hetero) is 1. The smallest absolute Gasteiger partial charge is 0.410 e. The lowest BCUT2D eigenvalue weighted by Gasteiger charge is -2.10. The van der Waals surface area contributed by atoms with Gasteiger partial charge in [0.2, 0.25) is 5.71 Å². The molecule has 0 spiro atoms. The van der Waals surface area contributed by atoms with E-state index in [-0.39, 0.29) is 0 Å². The van der Waals surface area contributed by atoms with E-state index in [2.05, 4.69) is 0 Å². The van der Waals surface area contributed by atoms with Gasteiger partial charge >= 0.3 is 12.4 Å². The summed E-state index contributed by atoms with van der Waals surface area (Å²) in [5, 5.41) is 18.7. The van der Waals surface area contributed by atoms with E-state index < -0.39 is 29.6 Å². The van der Waals surface area contributed by atoms with Crippen LogP contribution in [0.4, 0.5) is 26.3 Å². The molecule has 0 saturated heterocycles. The van der Waals surface area contributed by atoms with Crippen LogP contribution in [0.3, 0.4) is 0 Å². The molecule has 0 aliphatic rings. The van der Waals surface area contributed by atoms with E-state index in [0.29, 0.717) is 0 Å². The highest BCUT2D eigenvalue weighted by Crippen LogP contribution is 2.23. The van der Waals surface area contributed by atoms with E-state index in [1.807, 2.05) is 0 Å². The molecule has 2 N–H and O–H groups in total. The predicted molar refractivity (Wildman–Crippen MR) is 35.6 cm³/mol. The first-order valence-corrected chi connectivity index (χ1v) is 3.19. The molecule has 0 atom stereocenters. The molecule has 0 aromatic rings. The molecule has 0 amide bonds. The van der Waals surface area contributed by atoms with Crippen LogP contribution in [0.25, 0.3) is 0 Å². The van der Waals surface area contributed by atoms with Crippen molar-refractivity contribution in [2.45, 2.75) is 12.4 Å². The van der Waals surface area contributed by atoms with E-state index in [9.17, 15) is 31.1 Å². The predicted octanol–water partition coefficient (Wildman–Crippen LogP) is 1.34. The van der Waals surface area contributed by atoms with Gasteiger partial charge in [0.05, 0.1) is 0 Å². The van der Waals surface area contributed by atoms with Crippen molar-refractivity contribution < 1.29 is 41.6 Å². The van der Waals surface area contributed by atoms with Crippen LogP contribution in [0, 0.1) is 0 Å². The number of rotatable bonds is 2. The Morgan fingerprint density at radius 2 is 1.31 bits per heavy atom. The van der Waals surface area contributed by atoms with Crippen LogP contribution < -0.4 is 0 Å². The summed E-state index contributed by atoms with van der Waals surface area (Å²) < 4.78 is 70.9. The first-order valence-electron chi connectivity index (χ1n) is 3.19. The molecule has 0 radical (unpaired) electrons. The normalized spacial score (nSPS) is 15.1. The number of halogens is 6. The van der Waals surface area contributed by atoms with Gasteiger partial charge in [-0.25, -0.2) is 0 Å². The van der Waals surface area contributed by atoms with Gasteiger partial charge in [-0.1, -0.05) is 10.3 Å². The van der Waals surface area contributed by atoms with Crippen molar-refractivity contribution in [2.24, 2.45) is 10.3 Å². The summed E-state index contributed by atoms with van der Waals surface area (Å²) in [6, 6.07) is 0. The lowest BCUT2D eigenvalue weighted by molar-refractivity contribution is -0.163. The minimum atomic E-state index is -5.69. The molecule has 0 heterocycles. The first-order chi connectivity index (χ1) is 7.05. The highest BCUT2D eigenvalue weighted by atomic mass is 19.4. The van der Waals surface area contributed by atoms with E-state index in [0.717, 1.165) is 0 Å². The molecule has 92 valence electrons. The molecule has 0 aliphatic heterocycles. The fourth-order valence-electron chi connectivity index (χ4n) is 0.573. The molecule has 11 heteroatoms. The van der Waals surface area contributed by atoms with Crippen LogP contribution in [-0.2, 0) is 4.79 Å². The van der Waals surface area contributed by atoms with Crippen molar-refractivity contribution in [1.29, 1.82) is 0 Å². The topological polar surface area (TPSA) is 82.2 Å². The summed E-state index contributed by atoms with van der Waals surface area (Å²) in [5.41, 5.74) is -5.08. The minimum Gasteiger partial charge on any atom is -0.410 e. The van der Waals surface area contributed by atoms with E-state index in [1.165, 1.54) is 10.3 Å². The van der Waals surface area contributed by atoms with Gasteiger partial charge in [-0.3, -0.25) is 4.79 Å². The van der Waals surface area contributed by atoms with Crippen LogP contribution in [0.5, 0.6) is 0 Å². The molecule has 0 rings (SSSR count). The van der Waals surface area contributed by atoms with Crippen LogP contribution in [0.1, 0.15) is 0 Å². The minimum absolute atomic E-state index is 1.45. The zero-order valence-corrected chi connectivity index (χ0v) is 6.96. The Hall–Kier alpha value is -1.81. The van der Waals surface area contributed by atoms with Gasteiger partial charge in [-0.2, -0.15) is 26.3 Å². The number of carbonyl (C=O) groups excluding carboxylic acids is 1. The SMILES string of the molecule is O=C(C(=N/O)/C(=N\O)C(F)(F)F)C(F)(F)F. The second kappa shape index (κ2) is 4.37. The van der Waals surface area contributed by atoms with Gasteiger partial charge in [0.25, 0.3) is 5.78 Å². The van der Waals surface area contributed by atoms with Gasteiger partial charge in [0, 0.05) is 0 Å². The molecule has 0 fully saturated rings. The lowest BCUT2D eigenvalue weighted by Crippen LogP contribution is -2.42. The maximum absolute atomic E-state index is 11.9. The second-order valence-electron chi connectivity index (χ2n) is 2.22. The van der Waals surface area contributed by atoms with Crippen LogP contribution in [-0.4, -0.2) is 40.0 Å². The number of nitrogens with zero attached hydrogens (tertiary/aromatic N) is 2. The molecule has 0 unspecified atom stereocenters. The van der Waals surface area contributed by atoms with E-state index in [4.69, 9.17) is 10.4 Å². The number of alkyl halides is 6. The molecule has 16 heavy (non-hydrogen) atoms. The van der Waals surface area contributed by atoms with Gasteiger partial charge in [0.15, 0.2) is 5.71 Å².